The van der Waals surface area contributed by atoms with Crippen LogP contribution in [0, 0.1) is 11.3 Å². The number of aromatic amines is 1. The zero-order chi connectivity index (χ0) is 13.5. The van der Waals surface area contributed by atoms with Crippen molar-refractivity contribution in [3.05, 3.63) is 28.3 Å². The number of nitrogens with one attached hydrogen (secondary N) is 1. The molecule has 1 spiro atoms. The van der Waals surface area contributed by atoms with Gasteiger partial charge in [0.25, 0.3) is 0 Å². The molecule has 0 aliphatic heterocycles. The zero-order valence-corrected chi connectivity index (χ0v) is 11.5. The van der Waals surface area contributed by atoms with Gasteiger partial charge in [0.2, 0.25) is 0 Å². The molecule has 100 valence electrons. The van der Waals surface area contributed by atoms with Crippen LogP contribution in [0.15, 0.2) is 17.2 Å². The monoisotopic (exact) mass is 285 g/mol. The first-order valence-corrected chi connectivity index (χ1v) is 7.35. The molecule has 5 heteroatoms. The summed E-state index contributed by atoms with van der Waals surface area (Å²) in [5.41, 5.74) is 5.30. The van der Waals surface area contributed by atoms with Crippen LogP contribution in [-0.2, 0) is 11.2 Å². The molecule has 2 unspecified atom stereocenters. The second-order valence-corrected chi connectivity index (χ2v) is 6.61. The van der Waals surface area contributed by atoms with Gasteiger partial charge in [-0.1, -0.05) is 17.7 Å². The minimum Gasteiger partial charge on any atom is -0.293 e. The van der Waals surface area contributed by atoms with Crippen LogP contribution in [0.4, 0.5) is 0 Å². The predicted octanol–water partition coefficient (Wildman–Crippen LogP) is 2.83. The van der Waals surface area contributed by atoms with Crippen LogP contribution in [0.2, 0.25) is 0 Å². The Morgan fingerprint density at radius 2 is 2.25 bits per heavy atom. The number of rotatable bonds is 0. The van der Waals surface area contributed by atoms with E-state index >= 15 is 0 Å². The highest BCUT2D eigenvalue weighted by Gasteiger charge is 2.54. The Morgan fingerprint density at radius 1 is 1.35 bits per heavy atom. The quantitative estimate of drug-likeness (QED) is 0.810. The molecule has 0 amide bonds. The van der Waals surface area contributed by atoms with Crippen LogP contribution in [0.1, 0.15) is 30.4 Å². The summed E-state index contributed by atoms with van der Waals surface area (Å²) < 4.78 is 0. The summed E-state index contributed by atoms with van der Waals surface area (Å²) in [6.07, 6.45) is 3.92. The fraction of sp³-hybridized carbons (Fsp3) is 0.400. The molecule has 2 aromatic rings. The summed E-state index contributed by atoms with van der Waals surface area (Å²) in [5, 5.41) is 11.6. The lowest BCUT2D eigenvalue weighted by Crippen LogP contribution is -2.25. The smallest absolute Gasteiger partial charge is 0.177 e. The van der Waals surface area contributed by atoms with Crippen molar-refractivity contribution in [1.29, 1.82) is 0 Å². The number of fused-ring (bicyclic) bond motifs is 5. The summed E-state index contributed by atoms with van der Waals surface area (Å²) in [5.74, 6) is 0.274. The van der Waals surface area contributed by atoms with E-state index in [-0.39, 0.29) is 17.1 Å². The average Bonchev–Trinajstić information content (AvgIpc) is 3.11. The minimum atomic E-state index is 0.0746. The largest absolute Gasteiger partial charge is 0.293 e. The van der Waals surface area contributed by atoms with E-state index in [1.54, 1.807) is 0 Å². The number of benzene rings is 1. The van der Waals surface area contributed by atoms with Crippen LogP contribution in [-0.4, -0.2) is 21.2 Å². The number of allylic oxidation sites excluding steroid dienone is 2. The Bertz CT molecular complexity index is 822. The van der Waals surface area contributed by atoms with E-state index < -0.39 is 0 Å². The van der Waals surface area contributed by atoms with Crippen molar-refractivity contribution < 1.29 is 4.79 Å². The van der Waals surface area contributed by atoms with Crippen LogP contribution in [0.3, 0.4) is 0 Å². The summed E-state index contributed by atoms with van der Waals surface area (Å²) >= 11 is 6.43. The van der Waals surface area contributed by atoms with E-state index in [0.29, 0.717) is 5.03 Å². The Labute approximate surface area is 120 Å². The third-order valence-electron chi connectivity index (χ3n) is 5.32. The number of Topliss-reactive ketones (excluding diaryl/α,β-unsaturated/α-hetero) is 1. The molecular weight excluding hydrogens is 274 g/mol. The van der Waals surface area contributed by atoms with Crippen molar-refractivity contribution >= 4 is 34.0 Å². The summed E-state index contributed by atoms with van der Waals surface area (Å²) in [4.78, 5) is 12.3. The van der Waals surface area contributed by atoms with Crippen molar-refractivity contribution in [2.45, 2.75) is 25.7 Å². The third-order valence-corrected chi connectivity index (χ3v) is 5.70. The van der Waals surface area contributed by atoms with E-state index in [2.05, 4.69) is 21.5 Å². The van der Waals surface area contributed by atoms with Crippen molar-refractivity contribution in [3.8, 4) is 0 Å². The maximum atomic E-state index is 12.3. The third kappa shape index (κ3) is 1.09. The Balaban J connectivity index is 1.88. The molecule has 1 aromatic heterocycles. The molecule has 5 rings (SSSR count). The van der Waals surface area contributed by atoms with Gasteiger partial charge in [0.15, 0.2) is 5.78 Å². The SMILES string of the molecule is O=C1C(Cl)=C2c3ccc4n[nH]nc4c3CC23CCC1C3. The minimum absolute atomic E-state index is 0.0746. The van der Waals surface area contributed by atoms with Gasteiger partial charge in [0, 0.05) is 11.3 Å². The first kappa shape index (κ1) is 11.0. The van der Waals surface area contributed by atoms with Crippen molar-refractivity contribution in [2.24, 2.45) is 11.3 Å². The molecule has 3 aliphatic rings. The number of carbonyl (C=O) groups is 1. The highest BCUT2D eigenvalue weighted by Crippen LogP contribution is 2.63. The number of nitrogens with zero attached hydrogens (tertiary/aromatic N) is 2. The molecule has 3 aliphatic carbocycles. The van der Waals surface area contributed by atoms with E-state index in [4.69, 9.17) is 11.6 Å². The topological polar surface area (TPSA) is 58.6 Å². The Morgan fingerprint density at radius 3 is 3.15 bits per heavy atom. The molecule has 1 fully saturated rings. The number of hydrogen-bond acceptors (Lipinski definition) is 3. The fourth-order valence-electron chi connectivity index (χ4n) is 4.48. The van der Waals surface area contributed by atoms with Crippen molar-refractivity contribution in [1.82, 2.24) is 15.4 Å². The van der Waals surface area contributed by atoms with E-state index in [1.165, 1.54) is 5.56 Å². The number of carbonyl (C=O) groups excluding carboxylic acids is 1. The Hall–Kier alpha value is -1.68. The molecule has 2 bridgehead atoms. The molecule has 4 nitrogen and oxygen atoms in total. The lowest BCUT2D eigenvalue weighted by Gasteiger charge is -2.30. The van der Waals surface area contributed by atoms with Gasteiger partial charge in [-0.05, 0) is 48.4 Å². The second-order valence-electron chi connectivity index (χ2n) is 6.23. The first-order chi connectivity index (χ1) is 9.70. The molecule has 2 atom stereocenters. The fourth-order valence-corrected chi connectivity index (χ4v) is 4.94. The maximum Gasteiger partial charge on any atom is 0.177 e. The van der Waals surface area contributed by atoms with Crippen LogP contribution in [0.5, 0.6) is 0 Å². The van der Waals surface area contributed by atoms with Gasteiger partial charge < -0.3 is 0 Å². The molecule has 1 saturated carbocycles. The van der Waals surface area contributed by atoms with Crippen LogP contribution >= 0.6 is 11.6 Å². The number of aromatic nitrogens is 3. The lowest BCUT2D eigenvalue weighted by atomic mass is 9.74. The van der Waals surface area contributed by atoms with Crippen LogP contribution < -0.4 is 0 Å². The predicted molar refractivity (Wildman–Crippen MR) is 75.1 cm³/mol. The number of halogens is 1. The summed E-state index contributed by atoms with van der Waals surface area (Å²) in [6, 6.07) is 4.01. The average molecular weight is 286 g/mol. The first-order valence-electron chi connectivity index (χ1n) is 6.97. The molecule has 1 aromatic carbocycles. The molecular formula is C15H12ClN3O. The second kappa shape index (κ2) is 3.31. The molecule has 1 heterocycles. The molecule has 20 heavy (non-hydrogen) atoms. The number of H-pyrrole nitrogens is 1. The van der Waals surface area contributed by atoms with E-state index in [9.17, 15) is 4.79 Å². The summed E-state index contributed by atoms with van der Waals surface area (Å²) in [7, 11) is 0. The molecule has 0 radical (unpaired) electrons. The van der Waals surface area contributed by atoms with Crippen molar-refractivity contribution in [2.75, 3.05) is 0 Å². The van der Waals surface area contributed by atoms with Gasteiger partial charge in [-0.2, -0.15) is 15.4 Å². The van der Waals surface area contributed by atoms with Crippen LogP contribution in [0.25, 0.3) is 16.6 Å². The molecule has 1 N–H and O–H groups in total. The van der Waals surface area contributed by atoms with Gasteiger partial charge >= 0.3 is 0 Å². The van der Waals surface area contributed by atoms with E-state index in [0.717, 1.165) is 47.9 Å². The van der Waals surface area contributed by atoms with Gasteiger partial charge in [0.05, 0.1) is 5.03 Å². The van der Waals surface area contributed by atoms with Crippen molar-refractivity contribution in [3.63, 3.8) is 0 Å². The maximum absolute atomic E-state index is 12.3. The van der Waals surface area contributed by atoms with E-state index in [1.807, 2.05) is 6.07 Å². The molecule has 0 saturated heterocycles. The van der Waals surface area contributed by atoms with Gasteiger partial charge in [-0.3, -0.25) is 4.79 Å². The highest BCUT2D eigenvalue weighted by molar-refractivity contribution is 6.46. The standard InChI is InChI=1S/C15H12ClN3O/c16-12-11-8-1-2-10-13(18-19-17-10)9(8)6-15(11)4-3-7(5-15)14(12)20/h1-2,7H,3-6H2,(H,17,18,19). The Kier molecular flexibility index (Phi) is 1.83. The zero-order valence-electron chi connectivity index (χ0n) is 10.7. The lowest BCUT2D eigenvalue weighted by molar-refractivity contribution is -0.118. The number of ketones is 1. The normalized spacial score (nSPS) is 31.1. The van der Waals surface area contributed by atoms with Gasteiger partial charge in [0.1, 0.15) is 11.0 Å². The number of hydrogen-bond donors (Lipinski definition) is 1. The van der Waals surface area contributed by atoms with Gasteiger partial charge in [-0.25, -0.2) is 0 Å². The summed E-state index contributed by atoms with van der Waals surface area (Å²) in [6.45, 7) is 0. The highest BCUT2D eigenvalue weighted by atomic mass is 35.5. The van der Waals surface area contributed by atoms with Gasteiger partial charge in [-0.15, -0.1) is 0 Å².